The first-order valence-electron chi connectivity index (χ1n) is 11.2. The molecule has 3 aromatic carbocycles. The van der Waals surface area contributed by atoms with E-state index in [1.54, 1.807) is 24.3 Å². The maximum absolute atomic E-state index is 12.7. The first kappa shape index (κ1) is 23.8. The number of carbonyl (C=O) groups is 1. The van der Waals surface area contributed by atoms with E-state index in [-0.39, 0.29) is 12.5 Å². The number of nitrogens with zero attached hydrogens (tertiary/aromatic N) is 2. The molecule has 34 heavy (non-hydrogen) atoms. The first-order chi connectivity index (χ1) is 16.3. The summed E-state index contributed by atoms with van der Waals surface area (Å²) >= 11 is 0. The quantitative estimate of drug-likeness (QED) is 0.553. The Balaban J connectivity index is 1.44. The van der Waals surface area contributed by atoms with Crippen molar-refractivity contribution in [2.45, 2.75) is 13.5 Å². The van der Waals surface area contributed by atoms with E-state index in [1.165, 1.54) is 10.6 Å². The van der Waals surface area contributed by atoms with Crippen molar-refractivity contribution >= 4 is 33.0 Å². The lowest BCUT2D eigenvalue weighted by Crippen LogP contribution is -2.36. The molecule has 0 saturated carbocycles. The van der Waals surface area contributed by atoms with Crippen LogP contribution in [0.3, 0.4) is 0 Å². The second-order valence-corrected chi connectivity index (χ2v) is 10.3. The van der Waals surface area contributed by atoms with Crippen molar-refractivity contribution < 1.29 is 17.9 Å². The van der Waals surface area contributed by atoms with E-state index in [1.807, 2.05) is 55.5 Å². The van der Waals surface area contributed by atoms with Crippen LogP contribution in [0.4, 0.5) is 17.1 Å². The van der Waals surface area contributed by atoms with Crippen LogP contribution >= 0.6 is 0 Å². The number of hydrogen-bond acceptors (Lipinski definition) is 5. The average molecular weight is 480 g/mol. The number of nitrogens with one attached hydrogen (secondary N) is 1. The normalized spacial score (nSPS) is 14.0. The van der Waals surface area contributed by atoms with Crippen molar-refractivity contribution in [1.82, 2.24) is 0 Å². The topological polar surface area (TPSA) is 79.0 Å². The number of carbonyl (C=O) groups excluding carboxylic acids is 1. The predicted molar refractivity (Wildman–Crippen MR) is 136 cm³/mol. The molecule has 0 bridgehead atoms. The van der Waals surface area contributed by atoms with Crippen LogP contribution in [0.15, 0.2) is 72.8 Å². The molecule has 0 aromatic heterocycles. The minimum absolute atomic E-state index is 0.222. The summed E-state index contributed by atoms with van der Waals surface area (Å²) in [4.78, 5) is 15.0. The van der Waals surface area contributed by atoms with Gasteiger partial charge in [0, 0.05) is 30.0 Å². The molecular weight excluding hydrogens is 450 g/mol. The number of anilines is 3. The van der Waals surface area contributed by atoms with Gasteiger partial charge in [-0.15, -0.1) is 0 Å². The summed E-state index contributed by atoms with van der Waals surface area (Å²) in [5, 5.41) is 2.90. The molecule has 0 aliphatic carbocycles. The summed E-state index contributed by atoms with van der Waals surface area (Å²) in [6, 6.07) is 22.1. The number of morpholine rings is 1. The van der Waals surface area contributed by atoms with Crippen molar-refractivity contribution in [2.24, 2.45) is 0 Å². The summed E-state index contributed by atoms with van der Waals surface area (Å²) in [6.07, 6.45) is 1.18. The molecule has 1 aliphatic rings. The Morgan fingerprint density at radius 2 is 1.56 bits per heavy atom. The second kappa shape index (κ2) is 10.3. The molecular formula is C26H29N3O4S. The number of hydrogen-bond donors (Lipinski definition) is 1. The zero-order valence-corrected chi connectivity index (χ0v) is 20.2. The third-order valence-electron chi connectivity index (χ3n) is 5.77. The Kier molecular flexibility index (Phi) is 7.19. The zero-order valence-electron chi connectivity index (χ0n) is 19.4. The Morgan fingerprint density at radius 3 is 2.15 bits per heavy atom. The third kappa shape index (κ3) is 5.95. The molecule has 178 valence electrons. The lowest BCUT2D eigenvalue weighted by atomic mass is 10.1. The smallest absolute Gasteiger partial charge is 0.255 e. The van der Waals surface area contributed by atoms with Crippen LogP contribution in [-0.2, 0) is 21.3 Å². The fourth-order valence-corrected chi connectivity index (χ4v) is 4.71. The highest BCUT2D eigenvalue weighted by molar-refractivity contribution is 7.92. The van der Waals surface area contributed by atoms with E-state index in [0.29, 0.717) is 16.9 Å². The van der Waals surface area contributed by atoms with E-state index >= 15 is 0 Å². The third-order valence-corrected chi connectivity index (χ3v) is 6.91. The summed E-state index contributed by atoms with van der Waals surface area (Å²) in [6.45, 7) is 5.35. The van der Waals surface area contributed by atoms with Gasteiger partial charge in [0.1, 0.15) is 0 Å². The van der Waals surface area contributed by atoms with Crippen molar-refractivity contribution in [1.29, 1.82) is 0 Å². The minimum atomic E-state index is -3.50. The number of ether oxygens (including phenoxy) is 1. The van der Waals surface area contributed by atoms with Gasteiger partial charge in [0.05, 0.1) is 31.7 Å². The van der Waals surface area contributed by atoms with E-state index in [0.717, 1.165) is 43.1 Å². The standard InChI is InChI=1S/C26H29N3O4S/c1-20-3-5-21(6-4-20)19-29(34(2,31)32)25-11-7-22(8-12-25)26(30)27-23-9-13-24(14-10-23)28-15-17-33-18-16-28/h3-14H,15-19H2,1-2H3,(H,27,30). The van der Waals surface area contributed by atoms with Crippen molar-refractivity contribution in [3.05, 3.63) is 89.5 Å². The molecule has 0 radical (unpaired) electrons. The zero-order chi connectivity index (χ0) is 24.1. The Morgan fingerprint density at radius 1 is 0.941 bits per heavy atom. The summed E-state index contributed by atoms with van der Waals surface area (Å²) in [5.41, 5.74) is 4.75. The number of rotatable bonds is 7. The summed E-state index contributed by atoms with van der Waals surface area (Å²) in [5.74, 6) is -0.255. The fourth-order valence-electron chi connectivity index (χ4n) is 3.82. The Labute approximate surface area is 201 Å². The summed E-state index contributed by atoms with van der Waals surface area (Å²) < 4.78 is 31.6. The van der Waals surface area contributed by atoms with Crippen molar-refractivity contribution in [2.75, 3.05) is 47.1 Å². The minimum Gasteiger partial charge on any atom is -0.378 e. The molecule has 1 fully saturated rings. The second-order valence-electron chi connectivity index (χ2n) is 8.40. The first-order valence-corrected chi connectivity index (χ1v) is 13.0. The SMILES string of the molecule is Cc1ccc(CN(c2ccc(C(=O)Nc3ccc(N4CCOCC4)cc3)cc2)S(C)(=O)=O)cc1. The molecule has 7 nitrogen and oxygen atoms in total. The Bertz CT molecular complexity index is 1220. The van der Waals surface area contributed by atoms with Crippen LogP contribution in [0, 0.1) is 6.92 Å². The van der Waals surface area contributed by atoms with E-state index < -0.39 is 10.0 Å². The maximum Gasteiger partial charge on any atom is 0.255 e. The molecule has 0 spiro atoms. The van der Waals surface area contributed by atoms with Gasteiger partial charge in [-0.3, -0.25) is 9.10 Å². The van der Waals surface area contributed by atoms with E-state index in [2.05, 4.69) is 10.2 Å². The molecule has 1 N–H and O–H groups in total. The summed E-state index contributed by atoms with van der Waals surface area (Å²) in [7, 11) is -3.50. The van der Waals surface area contributed by atoms with E-state index in [4.69, 9.17) is 4.74 Å². The highest BCUT2D eigenvalue weighted by Gasteiger charge is 2.19. The van der Waals surface area contributed by atoms with Gasteiger partial charge in [-0.1, -0.05) is 29.8 Å². The van der Waals surface area contributed by atoms with Gasteiger partial charge in [0.2, 0.25) is 10.0 Å². The van der Waals surface area contributed by atoms with Crippen LogP contribution in [0.1, 0.15) is 21.5 Å². The van der Waals surface area contributed by atoms with Crippen LogP contribution < -0.4 is 14.5 Å². The van der Waals surface area contributed by atoms with Crippen molar-refractivity contribution in [3.63, 3.8) is 0 Å². The highest BCUT2D eigenvalue weighted by atomic mass is 32.2. The molecule has 1 saturated heterocycles. The highest BCUT2D eigenvalue weighted by Crippen LogP contribution is 2.23. The van der Waals surface area contributed by atoms with Crippen molar-refractivity contribution in [3.8, 4) is 0 Å². The monoisotopic (exact) mass is 479 g/mol. The molecule has 1 aliphatic heterocycles. The molecule has 1 heterocycles. The number of aryl methyl sites for hydroxylation is 1. The molecule has 8 heteroatoms. The Hall–Kier alpha value is -3.36. The fraction of sp³-hybridized carbons (Fsp3) is 0.269. The number of sulfonamides is 1. The number of amides is 1. The largest absolute Gasteiger partial charge is 0.378 e. The van der Waals surface area contributed by atoms with Crippen LogP contribution in [0.5, 0.6) is 0 Å². The number of benzene rings is 3. The van der Waals surface area contributed by atoms with Gasteiger partial charge in [-0.05, 0) is 61.0 Å². The van der Waals surface area contributed by atoms with Gasteiger partial charge < -0.3 is 15.0 Å². The van der Waals surface area contributed by atoms with Crippen LogP contribution in [0.25, 0.3) is 0 Å². The predicted octanol–water partition coefficient (Wildman–Crippen LogP) is 4.05. The lowest BCUT2D eigenvalue weighted by molar-refractivity contribution is 0.102. The molecule has 4 rings (SSSR count). The van der Waals surface area contributed by atoms with Gasteiger partial charge in [0.25, 0.3) is 5.91 Å². The molecule has 1 amide bonds. The molecule has 3 aromatic rings. The van der Waals surface area contributed by atoms with Crippen LogP contribution in [0.2, 0.25) is 0 Å². The van der Waals surface area contributed by atoms with Gasteiger partial charge >= 0.3 is 0 Å². The van der Waals surface area contributed by atoms with E-state index in [9.17, 15) is 13.2 Å². The molecule has 0 unspecified atom stereocenters. The van der Waals surface area contributed by atoms with Gasteiger partial charge in [-0.25, -0.2) is 8.42 Å². The van der Waals surface area contributed by atoms with Crippen LogP contribution in [-0.4, -0.2) is 46.9 Å². The lowest BCUT2D eigenvalue weighted by Gasteiger charge is -2.28. The maximum atomic E-state index is 12.7. The average Bonchev–Trinajstić information content (AvgIpc) is 2.84. The molecule has 0 atom stereocenters. The van der Waals surface area contributed by atoms with Gasteiger partial charge in [0.15, 0.2) is 0 Å². The van der Waals surface area contributed by atoms with Gasteiger partial charge in [-0.2, -0.15) is 0 Å².